The van der Waals surface area contributed by atoms with Gasteiger partial charge in [0.2, 0.25) is 0 Å². The van der Waals surface area contributed by atoms with Crippen molar-refractivity contribution in [3.8, 4) is 17.2 Å². The maximum Gasteiger partial charge on any atom is 0.147 e. The number of methoxy groups -OCH3 is 1. The highest BCUT2D eigenvalue weighted by atomic mass is 35.5. The van der Waals surface area contributed by atoms with Gasteiger partial charge in [-0.1, -0.05) is 36.5 Å². The van der Waals surface area contributed by atoms with Crippen molar-refractivity contribution in [2.75, 3.05) is 24.6 Å². The molecule has 2 aromatic carbocycles. The fraction of sp³-hybridized carbons (Fsp3) is 0.400. The van der Waals surface area contributed by atoms with Crippen LogP contribution in [0.1, 0.15) is 33.6 Å². The van der Waals surface area contributed by atoms with Gasteiger partial charge in [-0.15, -0.1) is 0 Å². The van der Waals surface area contributed by atoms with Gasteiger partial charge in [0.05, 0.1) is 41.2 Å². The summed E-state index contributed by atoms with van der Waals surface area (Å²) in [5, 5.41) is 1.02. The minimum absolute atomic E-state index is 0.0590. The van der Waals surface area contributed by atoms with Crippen LogP contribution < -0.4 is 25.1 Å². The minimum atomic E-state index is 0.0590. The van der Waals surface area contributed by atoms with Crippen LogP contribution in [0.25, 0.3) is 0 Å². The molecular weight excluding hydrogens is 387 g/mol. The van der Waals surface area contributed by atoms with E-state index >= 15 is 0 Å². The number of hydrogen-bond donors (Lipinski definition) is 2. The van der Waals surface area contributed by atoms with Gasteiger partial charge in [0.25, 0.3) is 0 Å². The maximum absolute atomic E-state index is 6.28. The van der Waals surface area contributed by atoms with Gasteiger partial charge in [0, 0.05) is 6.07 Å². The van der Waals surface area contributed by atoms with Gasteiger partial charge in [-0.2, -0.15) is 0 Å². The lowest BCUT2D eigenvalue weighted by Gasteiger charge is -2.17. The average Bonchev–Trinajstić information content (AvgIpc) is 2.63. The Labute approximate surface area is 170 Å². The molecule has 7 heteroatoms. The predicted molar refractivity (Wildman–Crippen MR) is 113 cm³/mol. The van der Waals surface area contributed by atoms with Gasteiger partial charge >= 0.3 is 0 Å². The minimum Gasteiger partial charge on any atom is -0.495 e. The molecule has 0 bridgehead atoms. The lowest BCUT2D eigenvalue weighted by atomic mass is 10.2. The highest BCUT2D eigenvalue weighted by molar-refractivity contribution is 6.32. The molecule has 0 aliphatic heterocycles. The highest BCUT2D eigenvalue weighted by Crippen LogP contribution is 2.36. The lowest BCUT2D eigenvalue weighted by Crippen LogP contribution is -2.11. The Kier molecular flexibility index (Phi) is 8.20. The SMILES string of the molecule is CCCCOc1cc(OC)c(Cl)cc1NNc1ccc(OC(C)C)c(Cl)c1. The number of rotatable bonds is 10. The topological polar surface area (TPSA) is 51.8 Å². The van der Waals surface area contributed by atoms with E-state index in [1.807, 2.05) is 26.0 Å². The van der Waals surface area contributed by atoms with E-state index in [0.29, 0.717) is 39.6 Å². The maximum atomic E-state index is 6.28. The van der Waals surface area contributed by atoms with Crippen LogP contribution >= 0.6 is 23.2 Å². The van der Waals surface area contributed by atoms with Crippen molar-refractivity contribution in [1.29, 1.82) is 0 Å². The molecule has 0 heterocycles. The third kappa shape index (κ3) is 6.29. The zero-order valence-electron chi connectivity index (χ0n) is 16.1. The number of unbranched alkanes of at least 4 members (excludes halogenated alkanes) is 1. The van der Waals surface area contributed by atoms with Crippen molar-refractivity contribution in [2.24, 2.45) is 0 Å². The van der Waals surface area contributed by atoms with Crippen LogP contribution in [0.5, 0.6) is 17.2 Å². The molecule has 5 nitrogen and oxygen atoms in total. The van der Waals surface area contributed by atoms with Gasteiger partial charge in [-0.3, -0.25) is 5.43 Å². The van der Waals surface area contributed by atoms with Crippen LogP contribution in [0.4, 0.5) is 11.4 Å². The normalized spacial score (nSPS) is 10.6. The van der Waals surface area contributed by atoms with E-state index in [1.165, 1.54) is 0 Å². The number of nitrogens with one attached hydrogen (secondary N) is 2. The molecule has 0 spiro atoms. The summed E-state index contributed by atoms with van der Waals surface area (Å²) in [5.74, 6) is 1.86. The molecule has 0 aromatic heterocycles. The summed E-state index contributed by atoms with van der Waals surface area (Å²) in [7, 11) is 1.57. The first-order valence-electron chi connectivity index (χ1n) is 8.93. The Balaban J connectivity index is 2.13. The van der Waals surface area contributed by atoms with Gasteiger partial charge in [0.1, 0.15) is 17.2 Å². The molecule has 2 aromatic rings. The standard InChI is InChI=1S/C20H26Cl2N2O3/c1-5-6-9-26-20-12-19(25-4)16(22)11-17(20)24-23-14-7-8-18(15(21)10-14)27-13(2)3/h7-8,10-13,23-24H,5-6,9H2,1-4H3. The van der Waals surface area contributed by atoms with Crippen molar-refractivity contribution < 1.29 is 14.2 Å². The first-order chi connectivity index (χ1) is 12.9. The molecule has 2 N–H and O–H groups in total. The van der Waals surface area contributed by atoms with Gasteiger partial charge in [-0.05, 0) is 44.5 Å². The average molecular weight is 413 g/mol. The Hall–Kier alpha value is -1.98. The summed E-state index contributed by atoms with van der Waals surface area (Å²) >= 11 is 12.5. The molecule has 2 rings (SSSR count). The Morgan fingerprint density at radius 2 is 1.70 bits per heavy atom. The van der Waals surface area contributed by atoms with Gasteiger partial charge in [-0.25, -0.2) is 0 Å². The van der Waals surface area contributed by atoms with Crippen molar-refractivity contribution in [3.05, 3.63) is 40.4 Å². The van der Waals surface area contributed by atoms with Crippen LogP contribution in [0, 0.1) is 0 Å². The second kappa shape index (κ2) is 10.4. The summed E-state index contributed by atoms with van der Waals surface area (Å²) in [6.45, 7) is 6.64. The van der Waals surface area contributed by atoms with E-state index < -0.39 is 0 Å². The number of benzene rings is 2. The molecular formula is C20H26Cl2N2O3. The third-order valence-corrected chi connectivity index (χ3v) is 4.24. The van der Waals surface area contributed by atoms with Crippen molar-refractivity contribution >= 4 is 34.6 Å². The van der Waals surface area contributed by atoms with Gasteiger partial charge < -0.3 is 19.6 Å². The number of hydrazine groups is 1. The van der Waals surface area contributed by atoms with Crippen molar-refractivity contribution in [3.63, 3.8) is 0 Å². The van der Waals surface area contributed by atoms with Crippen LogP contribution in [-0.2, 0) is 0 Å². The predicted octanol–water partition coefficient (Wildman–Crippen LogP) is 6.41. The van der Waals surface area contributed by atoms with E-state index in [0.717, 1.165) is 18.5 Å². The monoisotopic (exact) mass is 412 g/mol. The number of halogens is 2. The van der Waals surface area contributed by atoms with Crippen molar-refractivity contribution in [1.82, 2.24) is 0 Å². The van der Waals surface area contributed by atoms with E-state index in [-0.39, 0.29) is 6.10 Å². The third-order valence-electron chi connectivity index (χ3n) is 3.65. The Morgan fingerprint density at radius 1 is 0.963 bits per heavy atom. The summed E-state index contributed by atoms with van der Waals surface area (Å²) in [6, 6.07) is 9.02. The molecule has 0 atom stereocenters. The Morgan fingerprint density at radius 3 is 2.33 bits per heavy atom. The number of anilines is 2. The van der Waals surface area contributed by atoms with E-state index in [1.54, 1.807) is 25.3 Å². The zero-order chi connectivity index (χ0) is 19.8. The molecule has 0 radical (unpaired) electrons. The molecule has 0 unspecified atom stereocenters. The van der Waals surface area contributed by atoms with Crippen LogP contribution in [0.15, 0.2) is 30.3 Å². The molecule has 0 aliphatic carbocycles. The van der Waals surface area contributed by atoms with Gasteiger partial charge in [0.15, 0.2) is 0 Å². The molecule has 0 amide bonds. The molecule has 0 fully saturated rings. The van der Waals surface area contributed by atoms with Crippen LogP contribution in [-0.4, -0.2) is 19.8 Å². The fourth-order valence-electron chi connectivity index (χ4n) is 2.30. The summed E-state index contributed by atoms with van der Waals surface area (Å²) < 4.78 is 16.8. The number of ether oxygens (including phenoxy) is 3. The van der Waals surface area contributed by atoms with E-state index in [9.17, 15) is 0 Å². The fourth-order valence-corrected chi connectivity index (χ4v) is 2.77. The number of hydrogen-bond acceptors (Lipinski definition) is 5. The smallest absolute Gasteiger partial charge is 0.147 e. The Bertz CT molecular complexity index is 754. The second-order valence-electron chi connectivity index (χ2n) is 6.25. The molecule has 0 saturated carbocycles. The summed E-state index contributed by atoms with van der Waals surface area (Å²) in [5.41, 5.74) is 7.71. The van der Waals surface area contributed by atoms with E-state index in [4.69, 9.17) is 37.4 Å². The summed E-state index contributed by atoms with van der Waals surface area (Å²) in [4.78, 5) is 0. The van der Waals surface area contributed by atoms with Crippen LogP contribution in [0.2, 0.25) is 10.0 Å². The first-order valence-corrected chi connectivity index (χ1v) is 9.68. The van der Waals surface area contributed by atoms with Crippen LogP contribution in [0.3, 0.4) is 0 Å². The highest BCUT2D eigenvalue weighted by Gasteiger charge is 2.11. The quantitative estimate of drug-likeness (QED) is 0.348. The summed E-state index contributed by atoms with van der Waals surface area (Å²) in [6.07, 6.45) is 2.07. The van der Waals surface area contributed by atoms with E-state index in [2.05, 4.69) is 17.8 Å². The van der Waals surface area contributed by atoms with Crippen molar-refractivity contribution in [2.45, 2.75) is 39.7 Å². The first kappa shape index (κ1) is 21.3. The molecule has 27 heavy (non-hydrogen) atoms. The zero-order valence-corrected chi connectivity index (χ0v) is 17.6. The lowest BCUT2D eigenvalue weighted by molar-refractivity contribution is 0.242. The second-order valence-corrected chi connectivity index (χ2v) is 7.06. The molecule has 0 aliphatic rings. The molecule has 148 valence electrons. The largest absolute Gasteiger partial charge is 0.495 e. The molecule has 0 saturated heterocycles.